The SMILES string of the molecule is CC(C)(C)c1ccc(N2CCC(CC#N)CC2)nn1. The first-order valence-electron chi connectivity index (χ1n) is 6.97. The van der Waals surface area contributed by atoms with Crippen molar-refractivity contribution in [2.45, 2.75) is 45.4 Å². The number of anilines is 1. The predicted molar refractivity (Wildman–Crippen MR) is 75.9 cm³/mol. The van der Waals surface area contributed by atoms with E-state index >= 15 is 0 Å². The molecule has 2 rings (SSSR count). The molecule has 1 aromatic heterocycles. The van der Waals surface area contributed by atoms with Gasteiger partial charge >= 0.3 is 0 Å². The van der Waals surface area contributed by atoms with Crippen LogP contribution in [0.4, 0.5) is 5.82 Å². The summed E-state index contributed by atoms with van der Waals surface area (Å²) in [5.74, 6) is 1.52. The third-order valence-electron chi connectivity index (χ3n) is 3.74. The minimum absolute atomic E-state index is 0.0469. The maximum absolute atomic E-state index is 8.72. The molecule has 0 aromatic carbocycles. The van der Waals surface area contributed by atoms with E-state index in [4.69, 9.17) is 5.26 Å². The second kappa shape index (κ2) is 5.56. The fourth-order valence-corrected chi connectivity index (χ4v) is 2.39. The molecule has 1 saturated heterocycles. The summed E-state index contributed by atoms with van der Waals surface area (Å²) in [5, 5.41) is 17.4. The quantitative estimate of drug-likeness (QED) is 0.818. The Kier molecular flexibility index (Phi) is 4.04. The van der Waals surface area contributed by atoms with Gasteiger partial charge < -0.3 is 4.90 Å². The normalized spacial score (nSPS) is 17.3. The summed E-state index contributed by atoms with van der Waals surface area (Å²) < 4.78 is 0. The van der Waals surface area contributed by atoms with Crippen LogP contribution in [0.5, 0.6) is 0 Å². The molecule has 0 spiro atoms. The van der Waals surface area contributed by atoms with E-state index in [0.717, 1.165) is 37.4 Å². The van der Waals surface area contributed by atoms with Crippen molar-refractivity contribution in [2.24, 2.45) is 5.92 Å². The number of nitrogens with zero attached hydrogens (tertiary/aromatic N) is 4. The lowest BCUT2D eigenvalue weighted by molar-refractivity contribution is 0.410. The molecular formula is C15H22N4. The lowest BCUT2D eigenvalue weighted by atomic mass is 9.92. The summed E-state index contributed by atoms with van der Waals surface area (Å²) in [6.07, 6.45) is 2.84. The zero-order chi connectivity index (χ0) is 13.9. The zero-order valence-electron chi connectivity index (χ0n) is 12.1. The molecule has 0 atom stereocenters. The molecule has 0 bridgehead atoms. The molecule has 1 aromatic rings. The minimum Gasteiger partial charge on any atom is -0.355 e. The van der Waals surface area contributed by atoms with Crippen molar-refractivity contribution >= 4 is 5.82 Å². The topological polar surface area (TPSA) is 52.8 Å². The Labute approximate surface area is 115 Å². The molecule has 0 amide bonds. The van der Waals surface area contributed by atoms with E-state index in [0.29, 0.717) is 12.3 Å². The minimum atomic E-state index is 0.0469. The first kappa shape index (κ1) is 13.8. The van der Waals surface area contributed by atoms with Gasteiger partial charge in [0.15, 0.2) is 5.82 Å². The third-order valence-corrected chi connectivity index (χ3v) is 3.74. The maximum Gasteiger partial charge on any atom is 0.151 e. The Bertz CT molecular complexity index is 445. The summed E-state index contributed by atoms with van der Waals surface area (Å²) >= 11 is 0. The first-order chi connectivity index (χ1) is 9.00. The monoisotopic (exact) mass is 258 g/mol. The standard InChI is InChI=1S/C15H22N4/c1-15(2,3)13-4-5-14(18-17-13)19-10-7-12(6-9-16)8-11-19/h4-5,12H,6-8,10-11H2,1-3H3. The molecule has 0 unspecified atom stereocenters. The molecule has 1 aliphatic heterocycles. The van der Waals surface area contributed by atoms with Gasteiger partial charge in [0.1, 0.15) is 0 Å². The van der Waals surface area contributed by atoms with E-state index in [2.05, 4.69) is 54.1 Å². The lowest BCUT2D eigenvalue weighted by Crippen LogP contribution is -2.34. The van der Waals surface area contributed by atoms with Gasteiger partial charge in [-0.05, 0) is 30.9 Å². The number of hydrogen-bond acceptors (Lipinski definition) is 4. The van der Waals surface area contributed by atoms with Crippen LogP contribution >= 0.6 is 0 Å². The van der Waals surface area contributed by atoms with Crippen molar-refractivity contribution < 1.29 is 0 Å². The van der Waals surface area contributed by atoms with Crippen molar-refractivity contribution in [3.05, 3.63) is 17.8 Å². The van der Waals surface area contributed by atoms with Crippen LogP contribution in [0.25, 0.3) is 0 Å². The average molecular weight is 258 g/mol. The number of nitriles is 1. The Morgan fingerprint density at radius 3 is 2.42 bits per heavy atom. The second-order valence-electron chi connectivity index (χ2n) is 6.32. The zero-order valence-corrected chi connectivity index (χ0v) is 12.1. The molecule has 0 saturated carbocycles. The van der Waals surface area contributed by atoms with Gasteiger partial charge in [0, 0.05) is 24.9 Å². The van der Waals surface area contributed by atoms with Gasteiger partial charge in [-0.25, -0.2) is 0 Å². The van der Waals surface area contributed by atoms with Crippen LogP contribution in [-0.4, -0.2) is 23.3 Å². The van der Waals surface area contributed by atoms with Crippen molar-refractivity contribution in [2.75, 3.05) is 18.0 Å². The van der Waals surface area contributed by atoms with E-state index in [1.807, 2.05) is 0 Å². The summed E-state index contributed by atoms with van der Waals surface area (Å²) in [5.41, 5.74) is 1.07. The summed E-state index contributed by atoms with van der Waals surface area (Å²) in [6.45, 7) is 8.39. The third kappa shape index (κ3) is 3.44. The summed E-state index contributed by atoms with van der Waals surface area (Å²) in [6, 6.07) is 6.41. The van der Waals surface area contributed by atoms with E-state index in [-0.39, 0.29) is 5.41 Å². The Hall–Kier alpha value is -1.63. The largest absolute Gasteiger partial charge is 0.355 e. The summed E-state index contributed by atoms with van der Waals surface area (Å²) in [7, 11) is 0. The first-order valence-corrected chi connectivity index (χ1v) is 6.97. The smallest absolute Gasteiger partial charge is 0.151 e. The van der Waals surface area contributed by atoms with Gasteiger partial charge in [0.2, 0.25) is 0 Å². The fraction of sp³-hybridized carbons (Fsp3) is 0.667. The molecular weight excluding hydrogens is 236 g/mol. The van der Waals surface area contributed by atoms with Crippen LogP contribution in [0.1, 0.15) is 45.7 Å². The molecule has 4 heteroatoms. The molecule has 4 nitrogen and oxygen atoms in total. The van der Waals surface area contributed by atoms with E-state index < -0.39 is 0 Å². The van der Waals surface area contributed by atoms with Gasteiger partial charge in [-0.15, -0.1) is 5.10 Å². The van der Waals surface area contributed by atoms with Crippen molar-refractivity contribution in [3.63, 3.8) is 0 Å². The van der Waals surface area contributed by atoms with Crippen LogP contribution in [0.2, 0.25) is 0 Å². The van der Waals surface area contributed by atoms with E-state index in [9.17, 15) is 0 Å². The number of piperidine rings is 1. The van der Waals surface area contributed by atoms with Crippen LogP contribution in [0, 0.1) is 17.2 Å². The molecule has 2 heterocycles. The Morgan fingerprint density at radius 2 is 1.95 bits per heavy atom. The highest BCUT2D eigenvalue weighted by Crippen LogP contribution is 2.25. The highest BCUT2D eigenvalue weighted by molar-refractivity contribution is 5.38. The molecule has 0 radical (unpaired) electrons. The van der Waals surface area contributed by atoms with Crippen LogP contribution in [0.3, 0.4) is 0 Å². The molecule has 19 heavy (non-hydrogen) atoms. The van der Waals surface area contributed by atoms with Gasteiger partial charge in [-0.2, -0.15) is 10.4 Å². The lowest BCUT2D eigenvalue weighted by Gasteiger charge is -2.31. The van der Waals surface area contributed by atoms with E-state index in [1.54, 1.807) is 0 Å². The summed E-state index contributed by atoms with van der Waals surface area (Å²) in [4.78, 5) is 2.27. The van der Waals surface area contributed by atoms with Crippen molar-refractivity contribution in [1.29, 1.82) is 5.26 Å². The highest BCUT2D eigenvalue weighted by Gasteiger charge is 2.21. The van der Waals surface area contributed by atoms with Crippen LogP contribution < -0.4 is 4.90 Å². The van der Waals surface area contributed by atoms with Crippen molar-refractivity contribution in [1.82, 2.24) is 10.2 Å². The van der Waals surface area contributed by atoms with Gasteiger partial charge in [0.05, 0.1) is 11.8 Å². The Balaban J connectivity index is 1.99. The van der Waals surface area contributed by atoms with Gasteiger partial charge in [-0.3, -0.25) is 0 Å². The Morgan fingerprint density at radius 1 is 1.26 bits per heavy atom. The van der Waals surface area contributed by atoms with E-state index in [1.165, 1.54) is 0 Å². The van der Waals surface area contributed by atoms with Gasteiger partial charge in [0.25, 0.3) is 0 Å². The van der Waals surface area contributed by atoms with Gasteiger partial charge in [-0.1, -0.05) is 20.8 Å². The average Bonchev–Trinajstić information content (AvgIpc) is 2.39. The molecule has 0 aliphatic carbocycles. The second-order valence-corrected chi connectivity index (χ2v) is 6.32. The maximum atomic E-state index is 8.72. The van der Waals surface area contributed by atoms with Crippen LogP contribution in [-0.2, 0) is 5.41 Å². The molecule has 0 N–H and O–H groups in total. The van der Waals surface area contributed by atoms with Crippen molar-refractivity contribution in [3.8, 4) is 6.07 Å². The molecule has 1 fully saturated rings. The highest BCUT2D eigenvalue weighted by atomic mass is 15.3. The predicted octanol–water partition coefficient (Wildman–Crippen LogP) is 2.90. The number of rotatable bonds is 2. The number of hydrogen-bond donors (Lipinski definition) is 0. The fourth-order valence-electron chi connectivity index (χ4n) is 2.39. The molecule has 102 valence electrons. The molecule has 1 aliphatic rings. The number of aromatic nitrogens is 2. The van der Waals surface area contributed by atoms with Crippen LogP contribution in [0.15, 0.2) is 12.1 Å².